The van der Waals surface area contributed by atoms with Crippen molar-refractivity contribution in [1.29, 1.82) is 0 Å². The van der Waals surface area contributed by atoms with Gasteiger partial charge in [0, 0.05) is 31.4 Å². The molecule has 1 N–H and O–H groups in total. The van der Waals surface area contributed by atoms with E-state index in [4.69, 9.17) is 0 Å². The van der Waals surface area contributed by atoms with Crippen LogP contribution in [0.5, 0.6) is 0 Å². The van der Waals surface area contributed by atoms with E-state index in [0.29, 0.717) is 6.04 Å². The monoisotopic (exact) mass is 191 g/mol. The van der Waals surface area contributed by atoms with Crippen LogP contribution in [0.2, 0.25) is 0 Å². The minimum Gasteiger partial charge on any atom is -0.354 e. The molecule has 0 amide bonds. The van der Waals surface area contributed by atoms with E-state index < -0.39 is 0 Å². The summed E-state index contributed by atoms with van der Waals surface area (Å²) in [6, 6.07) is 6.76. The zero-order valence-electron chi connectivity index (χ0n) is 8.83. The van der Waals surface area contributed by atoms with Gasteiger partial charge in [0.25, 0.3) is 0 Å². The van der Waals surface area contributed by atoms with Crippen LogP contribution in [-0.4, -0.2) is 30.7 Å². The third-order valence-electron chi connectivity index (χ3n) is 2.57. The second-order valence-corrected chi connectivity index (χ2v) is 3.94. The van der Waals surface area contributed by atoms with Gasteiger partial charge in [-0.2, -0.15) is 0 Å². The van der Waals surface area contributed by atoms with Gasteiger partial charge in [0.1, 0.15) is 5.82 Å². The maximum Gasteiger partial charge on any atom is 0.128 e. The van der Waals surface area contributed by atoms with E-state index in [9.17, 15) is 0 Å². The molecule has 0 aliphatic carbocycles. The first kappa shape index (κ1) is 9.46. The molecule has 1 fully saturated rings. The maximum absolute atomic E-state index is 4.53. The molecule has 0 saturated carbocycles. The number of aryl methyl sites for hydroxylation is 1. The Balaban J connectivity index is 2.14. The molecule has 1 saturated heterocycles. The van der Waals surface area contributed by atoms with Crippen LogP contribution in [0.15, 0.2) is 18.2 Å². The average molecular weight is 191 g/mol. The van der Waals surface area contributed by atoms with Crippen molar-refractivity contribution in [2.24, 2.45) is 0 Å². The lowest BCUT2D eigenvalue weighted by Crippen LogP contribution is -2.49. The summed E-state index contributed by atoms with van der Waals surface area (Å²) in [6.45, 7) is 7.41. The van der Waals surface area contributed by atoms with Gasteiger partial charge in [-0.3, -0.25) is 0 Å². The van der Waals surface area contributed by atoms with Gasteiger partial charge in [0.2, 0.25) is 0 Å². The van der Waals surface area contributed by atoms with E-state index in [1.807, 2.05) is 13.0 Å². The number of aromatic nitrogens is 1. The quantitative estimate of drug-likeness (QED) is 0.722. The fraction of sp³-hybridized carbons (Fsp3) is 0.545. The predicted molar refractivity (Wildman–Crippen MR) is 58.7 cm³/mol. The van der Waals surface area contributed by atoms with Crippen molar-refractivity contribution in [2.45, 2.75) is 19.9 Å². The standard InChI is InChI=1S/C11H17N3/c1-9-4-3-5-11(13-9)14-7-6-12-10(2)8-14/h3-5,10,12H,6-8H2,1-2H3/t10-/m1/s1. The molecule has 14 heavy (non-hydrogen) atoms. The van der Waals surface area contributed by atoms with Crippen LogP contribution in [0.3, 0.4) is 0 Å². The number of nitrogens with one attached hydrogen (secondary N) is 1. The predicted octanol–water partition coefficient (Wildman–Crippen LogP) is 1.19. The Morgan fingerprint density at radius 2 is 2.36 bits per heavy atom. The molecule has 3 heteroatoms. The smallest absolute Gasteiger partial charge is 0.128 e. The Morgan fingerprint density at radius 3 is 3.07 bits per heavy atom. The lowest BCUT2D eigenvalue weighted by molar-refractivity contribution is 0.482. The molecular formula is C11H17N3. The summed E-state index contributed by atoms with van der Waals surface area (Å²) >= 11 is 0. The van der Waals surface area contributed by atoms with Gasteiger partial charge in [0.05, 0.1) is 0 Å². The van der Waals surface area contributed by atoms with E-state index in [0.717, 1.165) is 31.1 Å². The Hall–Kier alpha value is -1.09. The average Bonchev–Trinajstić information content (AvgIpc) is 2.18. The minimum absolute atomic E-state index is 0.561. The number of hydrogen-bond donors (Lipinski definition) is 1. The van der Waals surface area contributed by atoms with Crippen LogP contribution < -0.4 is 10.2 Å². The molecule has 1 aromatic rings. The molecule has 1 aliphatic heterocycles. The Morgan fingerprint density at radius 1 is 1.50 bits per heavy atom. The highest BCUT2D eigenvalue weighted by atomic mass is 15.2. The molecule has 2 rings (SSSR count). The van der Waals surface area contributed by atoms with E-state index in [1.165, 1.54) is 0 Å². The minimum atomic E-state index is 0.561. The Kier molecular flexibility index (Phi) is 2.68. The number of hydrogen-bond acceptors (Lipinski definition) is 3. The van der Waals surface area contributed by atoms with Gasteiger partial charge >= 0.3 is 0 Å². The Labute approximate surface area is 85.1 Å². The topological polar surface area (TPSA) is 28.2 Å². The second-order valence-electron chi connectivity index (χ2n) is 3.94. The van der Waals surface area contributed by atoms with Gasteiger partial charge in [0.15, 0.2) is 0 Å². The van der Waals surface area contributed by atoms with Crippen molar-refractivity contribution in [3.8, 4) is 0 Å². The molecule has 1 atom stereocenters. The molecular weight excluding hydrogens is 174 g/mol. The normalized spacial score (nSPS) is 22.4. The van der Waals surface area contributed by atoms with Crippen LogP contribution in [0.1, 0.15) is 12.6 Å². The van der Waals surface area contributed by atoms with Gasteiger partial charge in [-0.25, -0.2) is 4.98 Å². The lowest BCUT2D eigenvalue weighted by Gasteiger charge is -2.32. The third kappa shape index (κ3) is 2.04. The number of pyridine rings is 1. The third-order valence-corrected chi connectivity index (χ3v) is 2.57. The zero-order valence-corrected chi connectivity index (χ0v) is 8.83. The van der Waals surface area contributed by atoms with Crippen molar-refractivity contribution in [3.63, 3.8) is 0 Å². The highest BCUT2D eigenvalue weighted by Crippen LogP contribution is 2.12. The summed E-state index contributed by atoms with van der Waals surface area (Å²) in [4.78, 5) is 6.87. The molecule has 3 nitrogen and oxygen atoms in total. The van der Waals surface area contributed by atoms with Gasteiger partial charge < -0.3 is 10.2 Å². The van der Waals surface area contributed by atoms with E-state index >= 15 is 0 Å². The molecule has 0 aromatic carbocycles. The number of nitrogens with zero attached hydrogens (tertiary/aromatic N) is 2. The molecule has 0 bridgehead atoms. The van der Waals surface area contributed by atoms with Crippen LogP contribution in [0, 0.1) is 6.92 Å². The van der Waals surface area contributed by atoms with E-state index in [1.54, 1.807) is 0 Å². The first-order valence-corrected chi connectivity index (χ1v) is 5.18. The molecule has 1 aromatic heterocycles. The number of piperazine rings is 1. The summed E-state index contributed by atoms with van der Waals surface area (Å²) in [5, 5.41) is 3.43. The van der Waals surface area contributed by atoms with E-state index in [2.05, 4.69) is 34.3 Å². The van der Waals surface area contributed by atoms with Crippen LogP contribution in [0.4, 0.5) is 5.82 Å². The molecule has 0 radical (unpaired) electrons. The molecule has 2 heterocycles. The van der Waals surface area contributed by atoms with Crippen LogP contribution in [-0.2, 0) is 0 Å². The molecule has 1 aliphatic rings. The van der Waals surface area contributed by atoms with Crippen molar-refractivity contribution in [3.05, 3.63) is 23.9 Å². The zero-order chi connectivity index (χ0) is 9.97. The number of rotatable bonds is 1. The SMILES string of the molecule is Cc1cccc(N2CCN[C@H](C)C2)n1. The lowest BCUT2D eigenvalue weighted by atomic mass is 10.2. The maximum atomic E-state index is 4.53. The van der Waals surface area contributed by atoms with Gasteiger partial charge in [-0.1, -0.05) is 6.07 Å². The van der Waals surface area contributed by atoms with Gasteiger partial charge in [-0.05, 0) is 26.0 Å². The second kappa shape index (κ2) is 3.96. The molecule has 0 spiro atoms. The van der Waals surface area contributed by atoms with Crippen LogP contribution >= 0.6 is 0 Å². The summed E-state index contributed by atoms with van der Waals surface area (Å²) in [5.41, 5.74) is 1.09. The summed E-state index contributed by atoms with van der Waals surface area (Å²) < 4.78 is 0. The molecule has 76 valence electrons. The highest BCUT2D eigenvalue weighted by Gasteiger charge is 2.16. The highest BCUT2D eigenvalue weighted by molar-refractivity contribution is 5.39. The summed E-state index contributed by atoms with van der Waals surface area (Å²) in [7, 11) is 0. The summed E-state index contributed by atoms with van der Waals surface area (Å²) in [6.07, 6.45) is 0. The number of anilines is 1. The van der Waals surface area contributed by atoms with Crippen molar-refractivity contribution < 1.29 is 0 Å². The first-order valence-electron chi connectivity index (χ1n) is 5.18. The van der Waals surface area contributed by atoms with Crippen molar-refractivity contribution >= 4 is 5.82 Å². The van der Waals surface area contributed by atoms with Gasteiger partial charge in [-0.15, -0.1) is 0 Å². The van der Waals surface area contributed by atoms with Crippen molar-refractivity contribution in [1.82, 2.24) is 10.3 Å². The molecule has 0 unspecified atom stereocenters. The van der Waals surface area contributed by atoms with Crippen LogP contribution in [0.25, 0.3) is 0 Å². The van der Waals surface area contributed by atoms with E-state index in [-0.39, 0.29) is 0 Å². The summed E-state index contributed by atoms with van der Waals surface area (Å²) in [5.74, 6) is 1.11. The first-order chi connectivity index (χ1) is 6.75. The fourth-order valence-corrected chi connectivity index (χ4v) is 1.85. The fourth-order valence-electron chi connectivity index (χ4n) is 1.85. The van der Waals surface area contributed by atoms with Crippen molar-refractivity contribution in [2.75, 3.05) is 24.5 Å². The largest absolute Gasteiger partial charge is 0.354 e. The Bertz CT molecular complexity index is 311.